The van der Waals surface area contributed by atoms with Crippen molar-refractivity contribution in [3.05, 3.63) is 34.3 Å². The first kappa shape index (κ1) is 18.4. The van der Waals surface area contributed by atoms with E-state index < -0.39 is 0 Å². The predicted octanol–water partition coefficient (Wildman–Crippen LogP) is 2.25. The Bertz CT molecular complexity index is 459. The van der Waals surface area contributed by atoms with Crippen molar-refractivity contribution in [3.8, 4) is 0 Å². The van der Waals surface area contributed by atoms with E-state index in [1.165, 1.54) is 5.56 Å². The summed E-state index contributed by atoms with van der Waals surface area (Å²) in [6.07, 6.45) is 0. The number of benzene rings is 1. The minimum atomic E-state index is -0.232. The Morgan fingerprint density at radius 3 is 2.67 bits per heavy atom. The molecule has 6 heteroatoms. The molecule has 1 unspecified atom stereocenters. The molecule has 0 aliphatic carbocycles. The summed E-state index contributed by atoms with van der Waals surface area (Å²) in [5.74, 6) is 0.00915. The van der Waals surface area contributed by atoms with Gasteiger partial charge in [-0.05, 0) is 17.7 Å². The zero-order chi connectivity index (χ0) is 14.6. The van der Waals surface area contributed by atoms with Crippen molar-refractivity contribution in [2.24, 2.45) is 0 Å². The maximum Gasteiger partial charge on any atom is 0.239 e. The summed E-state index contributed by atoms with van der Waals surface area (Å²) >= 11 is 3.43. The van der Waals surface area contributed by atoms with Crippen LogP contribution in [0.3, 0.4) is 0 Å². The number of amides is 1. The fourth-order valence-corrected chi connectivity index (χ4v) is 2.43. The second-order valence-corrected chi connectivity index (χ2v) is 6.61. The van der Waals surface area contributed by atoms with Crippen LogP contribution in [0.1, 0.15) is 19.4 Å². The Hall–Kier alpha value is -0.620. The number of morpholine rings is 1. The summed E-state index contributed by atoms with van der Waals surface area (Å²) < 4.78 is 6.36. The summed E-state index contributed by atoms with van der Waals surface area (Å²) in [6, 6.07) is 7.98. The maximum atomic E-state index is 12.1. The molecule has 0 saturated carbocycles. The Morgan fingerprint density at radius 2 is 2.10 bits per heavy atom. The molecule has 1 aliphatic heterocycles. The van der Waals surface area contributed by atoms with E-state index in [9.17, 15) is 4.79 Å². The van der Waals surface area contributed by atoms with Crippen LogP contribution in [0.4, 0.5) is 0 Å². The van der Waals surface area contributed by atoms with Crippen LogP contribution in [-0.2, 0) is 14.9 Å². The Morgan fingerprint density at radius 1 is 1.43 bits per heavy atom. The molecule has 1 atom stereocenters. The van der Waals surface area contributed by atoms with Crippen LogP contribution in [-0.4, -0.2) is 38.3 Å². The number of carbonyl (C=O) groups excluding carboxylic acids is 1. The first-order valence-corrected chi connectivity index (χ1v) is 7.63. The monoisotopic (exact) mass is 376 g/mol. The Kier molecular flexibility index (Phi) is 7.13. The van der Waals surface area contributed by atoms with Crippen LogP contribution in [0.15, 0.2) is 28.7 Å². The summed E-state index contributed by atoms with van der Waals surface area (Å²) in [5, 5.41) is 6.17. The highest BCUT2D eigenvalue weighted by Crippen LogP contribution is 2.24. The molecule has 21 heavy (non-hydrogen) atoms. The predicted molar refractivity (Wildman–Crippen MR) is 90.0 cm³/mol. The highest BCUT2D eigenvalue weighted by Gasteiger charge is 2.25. The van der Waals surface area contributed by atoms with Crippen molar-refractivity contribution in [3.63, 3.8) is 0 Å². The molecule has 0 bridgehead atoms. The van der Waals surface area contributed by atoms with E-state index in [1.807, 2.05) is 12.1 Å². The molecule has 1 aromatic rings. The molecule has 0 radical (unpaired) electrons. The third kappa shape index (κ3) is 5.25. The molecule has 1 amide bonds. The molecular weight excluding hydrogens is 356 g/mol. The van der Waals surface area contributed by atoms with Gasteiger partial charge in [-0.15, -0.1) is 12.4 Å². The first-order chi connectivity index (χ1) is 9.49. The van der Waals surface area contributed by atoms with Crippen molar-refractivity contribution >= 4 is 34.2 Å². The van der Waals surface area contributed by atoms with Gasteiger partial charge in [-0.2, -0.15) is 0 Å². The Balaban J connectivity index is 0.00000220. The number of halogens is 2. The minimum Gasteiger partial charge on any atom is -0.378 e. The zero-order valence-electron chi connectivity index (χ0n) is 12.3. The van der Waals surface area contributed by atoms with Gasteiger partial charge in [0.1, 0.15) is 6.04 Å². The lowest BCUT2D eigenvalue weighted by atomic mass is 9.84. The Labute approximate surface area is 140 Å². The van der Waals surface area contributed by atoms with Crippen molar-refractivity contribution in [1.29, 1.82) is 0 Å². The van der Waals surface area contributed by atoms with Gasteiger partial charge in [0.2, 0.25) is 5.91 Å². The van der Waals surface area contributed by atoms with E-state index in [-0.39, 0.29) is 29.8 Å². The average molecular weight is 378 g/mol. The van der Waals surface area contributed by atoms with E-state index in [1.54, 1.807) is 0 Å². The van der Waals surface area contributed by atoms with Gasteiger partial charge in [-0.1, -0.05) is 41.9 Å². The average Bonchev–Trinajstić information content (AvgIpc) is 2.46. The third-order valence-corrected chi connectivity index (χ3v) is 4.10. The van der Waals surface area contributed by atoms with E-state index in [0.29, 0.717) is 19.8 Å². The van der Waals surface area contributed by atoms with E-state index >= 15 is 0 Å². The van der Waals surface area contributed by atoms with Gasteiger partial charge in [-0.3, -0.25) is 4.79 Å². The van der Waals surface area contributed by atoms with Crippen LogP contribution < -0.4 is 10.6 Å². The number of rotatable bonds is 4. The number of nitrogens with one attached hydrogen (secondary N) is 2. The van der Waals surface area contributed by atoms with E-state index in [4.69, 9.17) is 4.74 Å². The van der Waals surface area contributed by atoms with Gasteiger partial charge in [-0.25, -0.2) is 0 Å². The third-order valence-electron chi connectivity index (χ3n) is 3.57. The molecule has 2 N–H and O–H groups in total. The number of hydrogen-bond acceptors (Lipinski definition) is 3. The zero-order valence-corrected chi connectivity index (χ0v) is 14.7. The van der Waals surface area contributed by atoms with Crippen molar-refractivity contribution < 1.29 is 9.53 Å². The lowest BCUT2D eigenvalue weighted by Crippen LogP contribution is -2.52. The number of ether oxygens (including phenoxy) is 1. The van der Waals surface area contributed by atoms with Crippen molar-refractivity contribution in [2.45, 2.75) is 25.3 Å². The standard InChI is InChI=1S/C15H21BrN2O2.ClH/c1-15(2,11-3-5-12(16)6-4-11)10-18-14(19)13-9-20-8-7-17-13;/h3-6,13,17H,7-10H2,1-2H3,(H,18,19);1H. The molecule has 1 heterocycles. The van der Waals surface area contributed by atoms with Gasteiger partial charge < -0.3 is 15.4 Å². The molecule has 1 aliphatic rings. The molecule has 1 saturated heterocycles. The fraction of sp³-hybridized carbons (Fsp3) is 0.533. The van der Waals surface area contributed by atoms with Crippen LogP contribution in [0, 0.1) is 0 Å². The lowest BCUT2D eigenvalue weighted by molar-refractivity contribution is -0.126. The molecule has 0 spiro atoms. The SMILES string of the molecule is CC(C)(CNC(=O)C1COCCN1)c1ccc(Br)cc1.Cl. The molecule has 0 aromatic heterocycles. The maximum absolute atomic E-state index is 12.1. The summed E-state index contributed by atoms with van der Waals surface area (Å²) in [6.45, 7) is 6.71. The van der Waals surface area contributed by atoms with Gasteiger partial charge in [0.15, 0.2) is 0 Å². The van der Waals surface area contributed by atoms with Crippen LogP contribution in [0.5, 0.6) is 0 Å². The second-order valence-electron chi connectivity index (χ2n) is 5.69. The summed E-state index contributed by atoms with van der Waals surface area (Å²) in [7, 11) is 0. The topological polar surface area (TPSA) is 50.4 Å². The van der Waals surface area contributed by atoms with Gasteiger partial charge in [0, 0.05) is 23.0 Å². The summed E-state index contributed by atoms with van der Waals surface area (Å²) in [5.41, 5.74) is 1.10. The molecule has 2 rings (SSSR count). The largest absolute Gasteiger partial charge is 0.378 e. The van der Waals surface area contributed by atoms with Crippen LogP contribution >= 0.6 is 28.3 Å². The molecule has 1 aromatic carbocycles. The highest BCUT2D eigenvalue weighted by atomic mass is 79.9. The van der Waals surface area contributed by atoms with Gasteiger partial charge in [0.25, 0.3) is 0 Å². The van der Waals surface area contributed by atoms with Gasteiger partial charge in [0.05, 0.1) is 13.2 Å². The van der Waals surface area contributed by atoms with E-state index in [0.717, 1.165) is 11.0 Å². The van der Waals surface area contributed by atoms with E-state index in [2.05, 4.69) is 52.5 Å². The molecular formula is C15H22BrClN2O2. The highest BCUT2D eigenvalue weighted by molar-refractivity contribution is 9.10. The quantitative estimate of drug-likeness (QED) is 0.846. The first-order valence-electron chi connectivity index (χ1n) is 6.84. The van der Waals surface area contributed by atoms with Crippen LogP contribution in [0.25, 0.3) is 0 Å². The van der Waals surface area contributed by atoms with Gasteiger partial charge >= 0.3 is 0 Å². The van der Waals surface area contributed by atoms with Crippen LogP contribution in [0.2, 0.25) is 0 Å². The van der Waals surface area contributed by atoms with Crippen molar-refractivity contribution in [2.75, 3.05) is 26.3 Å². The number of carbonyl (C=O) groups is 1. The summed E-state index contributed by atoms with van der Waals surface area (Å²) in [4.78, 5) is 12.1. The molecule has 1 fully saturated rings. The normalized spacial score (nSPS) is 18.7. The number of hydrogen-bond donors (Lipinski definition) is 2. The van der Waals surface area contributed by atoms with Crippen molar-refractivity contribution in [1.82, 2.24) is 10.6 Å². The molecule has 118 valence electrons. The lowest BCUT2D eigenvalue weighted by Gasteiger charge is -2.28. The molecule has 4 nitrogen and oxygen atoms in total. The second kappa shape index (κ2) is 8.13. The smallest absolute Gasteiger partial charge is 0.239 e. The fourth-order valence-electron chi connectivity index (χ4n) is 2.17. The minimum absolute atomic E-state index is 0.